The minimum atomic E-state index is -0.394. The molecule has 0 atom stereocenters. The van der Waals surface area contributed by atoms with Crippen LogP contribution in [0.5, 0.6) is 5.75 Å². The molecule has 86 valence electrons. The lowest BCUT2D eigenvalue weighted by atomic mass is 10.3. The molecule has 1 aromatic carbocycles. The lowest BCUT2D eigenvalue weighted by Gasteiger charge is -2.07. The van der Waals surface area contributed by atoms with Crippen LogP contribution in [0.2, 0.25) is 0 Å². The molecule has 0 bridgehead atoms. The molecule has 0 aliphatic heterocycles. The summed E-state index contributed by atoms with van der Waals surface area (Å²) in [4.78, 5) is 11.9. The highest BCUT2D eigenvalue weighted by Crippen LogP contribution is 2.13. The molecule has 0 radical (unpaired) electrons. The molecule has 0 fully saturated rings. The smallest absolute Gasteiger partial charge is 0.333 e. The van der Waals surface area contributed by atoms with Gasteiger partial charge in [-0.3, -0.25) is 0 Å². The number of hydrogen-bond acceptors (Lipinski definition) is 4. The number of hydrogen-bond donors (Lipinski definition) is 1. The van der Waals surface area contributed by atoms with E-state index in [4.69, 9.17) is 9.47 Å². The molecule has 3 nitrogen and oxygen atoms in total. The van der Waals surface area contributed by atoms with Crippen molar-refractivity contribution in [3.05, 3.63) is 36.4 Å². The summed E-state index contributed by atoms with van der Waals surface area (Å²) < 4.78 is 10.2. The van der Waals surface area contributed by atoms with Gasteiger partial charge in [-0.1, -0.05) is 6.58 Å². The minimum absolute atomic E-state index is 0.217. The fourth-order valence-electron chi connectivity index (χ4n) is 0.959. The van der Waals surface area contributed by atoms with E-state index in [1.807, 2.05) is 24.3 Å². The van der Waals surface area contributed by atoms with Crippen LogP contribution in [-0.4, -0.2) is 19.2 Å². The van der Waals surface area contributed by atoms with Crippen molar-refractivity contribution in [2.45, 2.75) is 11.8 Å². The Morgan fingerprint density at radius 2 is 1.94 bits per heavy atom. The van der Waals surface area contributed by atoms with E-state index in [2.05, 4.69) is 19.2 Å². The zero-order valence-electron chi connectivity index (χ0n) is 9.10. The summed E-state index contributed by atoms with van der Waals surface area (Å²) in [7, 11) is 0. The Labute approximate surface area is 100 Å². The molecule has 4 heteroatoms. The number of ether oxygens (including phenoxy) is 2. The van der Waals surface area contributed by atoms with Crippen LogP contribution in [0.25, 0.3) is 0 Å². The average Bonchev–Trinajstić information content (AvgIpc) is 2.26. The van der Waals surface area contributed by atoms with Crippen LogP contribution >= 0.6 is 12.6 Å². The number of esters is 1. The van der Waals surface area contributed by atoms with Gasteiger partial charge in [0, 0.05) is 10.5 Å². The van der Waals surface area contributed by atoms with Crippen LogP contribution in [0.15, 0.2) is 41.3 Å². The van der Waals surface area contributed by atoms with Crippen LogP contribution < -0.4 is 4.74 Å². The highest BCUT2D eigenvalue weighted by Gasteiger charge is 2.02. The molecule has 1 rings (SSSR count). The molecule has 0 aliphatic rings. The van der Waals surface area contributed by atoms with Crippen LogP contribution in [-0.2, 0) is 9.53 Å². The van der Waals surface area contributed by atoms with Gasteiger partial charge in [0.2, 0.25) is 0 Å². The van der Waals surface area contributed by atoms with Crippen molar-refractivity contribution in [1.82, 2.24) is 0 Å². The van der Waals surface area contributed by atoms with Gasteiger partial charge < -0.3 is 9.47 Å². The lowest BCUT2D eigenvalue weighted by molar-refractivity contribution is -0.139. The van der Waals surface area contributed by atoms with E-state index >= 15 is 0 Å². The standard InChI is InChI=1S/C12H14O3S/c1-9(2)12(13)15-8-7-14-10-3-5-11(16)6-4-10/h3-6,16H,1,7-8H2,2H3. The van der Waals surface area contributed by atoms with E-state index < -0.39 is 5.97 Å². The van der Waals surface area contributed by atoms with Gasteiger partial charge >= 0.3 is 5.97 Å². The van der Waals surface area contributed by atoms with E-state index in [0.29, 0.717) is 12.2 Å². The van der Waals surface area contributed by atoms with Gasteiger partial charge in [0.25, 0.3) is 0 Å². The van der Waals surface area contributed by atoms with Gasteiger partial charge in [0.05, 0.1) is 0 Å². The quantitative estimate of drug-likeness (QED) is 0.370. The zero-order chi connectivity index (χ0) is 12.0. The Hall–Kier alpha value is -1.42. The second-order valence-electron chi connectivity index (χ2n) is 3.26. The second kappa shape index (κ2) is 6.23. The molecule has 1 aromatic rings. The molecule has 0 saturated heterocycles. The number of carbonyl (C=O) groups excluding carboxylic acids is 1. The molecule has 0 N–H and O–H groups in total. The molecular weight excluding hydrogens is 224 g/mol. The first-order valence-corrected chi connectivity index (χ1v) is 5.29. The lowest BCUT2D eigenvalue weighted by Crippen LogP contribution is -2.12. The second-order valence-corrected chi connectivity index (χ2v) is 3.78. The van der Waals surface area contributed by atoms with Crippen LogP contribution in [0.3, 0.4) is 0 Å². The zero-order valence-corrected chi connectivity index (χ0v) is 10.00. The summed E-state index contributed by atoms with van der Waals surface area (Å²) in [5.74, 6) is 0.332. The Morgan fingerprint density at radius 1 is 1.31 bits per heavy atom. The molecule has 0 unspecified atom stereocenters. The van der Waals surface area contributed by atoms with E-state index in [0.717, 1.165) is 10.6 Å². The van der Waals surface area contributed by atoms with Crippen molar-refractivity contribution < 1.29 is 14.3 Å². The van der Waals surface area contributed by atoms with Gasteiger partial charge in [-0.25, -0.2) is 4.79 Å². The number of thiol groups is 1. The minimum Gasteiger partial charge on any atom is -0.490 e. The molecule has 0 saturated carbocycles. The fourth-order valence-corrected chi connectivity index (χ4v) is 1.11. The summed E-state index contributed by atoms with van der Waals surface area (Å²) >= 11 is 4.16. The third kappa shape index (κ3) is 4.40. The molecule has 0 aromatic heterocycles. The van der Waals surface area contributed by atoms with Crippen molar-refractivity contribution in [3.8, 4) is 5.75 Å². The normalized spacial score (nSPS) is 9.62. The molecule has 16 heavy (non-hydrogen) atoms. The van der Waals surface area contributed by atoms with Crippen LogP contribution in [0.1, 0.15) is 6.92 Å². The fraction of sp³-hybridized carbons (Fsp3) is 0.250. The largest absolute Gasteiger partial charge is 0.490 e. The summed E-state index contributed by atoms with van der Waals surface area (Å²) in [5.41, 5.74) is 0.388. The first-order chi connectivity index (χ1) is 7.59. The van der Waals surface area contributed by atoms with E-state index in [9.17, 15) is 4.79 Å². The van der Waals surface area contributed by atoms with Gasteiger partial charge in [-0.05, 0) is 31.2 Å². The molecule has 0 spiro atoms. The predicted octanol–water partition coefficient (Wildman–Crippen LogP) is 2.47. The van der Waals surface area contributed by atoms with Crippen molar-refractivity contribution in [2.24, 2.45) is 0 Å². The Kier molecular flexibility index (Phi) is 4.92. The Balaban J connectivity index is 2.23. The summed E-state index contributed by atoms with van der Waals surface area (Å²) in [5, 5.41) is 0. The molecular formula is C12H14O3S. The highest BCUT2D eigenvalue weighted by molar-refractivity contribution is 7.80. The predicted molar refractivity (Wildman–Crippen MR) is 65.0 cm³/mol. The number of carbonyl (C=O) groups is 1. The van der Waals surface area contributed by atoms with Gasteiger partial charge in [0.15, 0.2) is 0 Å². The number of rotatable bonds is 5. The maximum Gasteiger partial charge on any atom is 0.333 e. The first-order valence-electron chi connectivity index (χ1n) is 4.84. The van der Waals surface area contributed by atoms with E-state index in [1.54, 1.807) is 6.92 Å². The highest BCUT2D eigenvalue weighted by atomic mass is 32.1. The average molecular weight is 238 g/mol. The van der Waals surface area contributed by atoms with Gasteiger partial charge in [-0.2, -0.15) is 0 Å². The van der Waals surface area contributed by atoms with E-state index in [-0.39, 0.29) is 6.61 Å². The maximum absolute atomic E-state index is 11.0. The first kappa shape index (κ1) is 12.6. The third-order valence-corrected chi connectivity index (χ3v) is 2.07. The molecule has 0 aliphatic carbocycles. The summed E-state index contributed by atoms with van der Waals surface area (Å²) in [6, 6.07) is 7.28. The van der Waals surface area contributed by atoms with Crippen molar-refractivity contribution in [1.29, 1.82) is 0 Å². The number of benzene rings is 1. The van der Waals surface area contributed by atoms with E-state index in [1.165, 1.54) is 0 Å². The van der Waals surface area contributed by atoms with Gasteiger partial charge in [0.1, 0.15) is 19.0 Å². The van der Waals surface area contributed by atoms with Crippen molar-refractivity contribution in [2.75, 3.05) is 13.2 Å². The third-order valence-electron chi connectivity index (χ3n) is 1.77. The van der Waals surface area contributed by atoms with Crippen molar-refractivity contribution >= 4 is 18.6 Å². The van der Waals surface area contributed by atoms with Crippen molar-refractivity contribution in [3.63, 3.8) is 0 Å². The summed E-state index contributed by atoms with van der Waals surface area (Å²) in [6.45, 7) is 5.62. The Bertz CT molecular complexity index is 370. The molecule has 0 amide bonds. The molecule has 0 heterocycles. The Morgan fingerprint density at radius 3 is 2.50 bits per heavy atom. The van der Waals surface area contributed by atoms with Gasteiger partial charge in [-0.15, -0.1) is 12.6 Å². The summed E-state index contributed by atoms with van der Waals surface area (Å²) in [6.07, 6.45) is 0. The monoisotopic (exact) mass is 238 g/mol. The van der Waals surface area contributed by atoms with Crippen LogP contribution in [0, 0.1) is 0 Å². The topological polar surface area (TPSA) is 35.5 Å². The maximum atomic E-state index is 11.0. The SMILES string of the molecule is C=C(C)C(=O)OCCOc1ccc(S)cc1. The van der Waals surface area contributed by atoms with Crippen LogP contribution in [0.4, 0.5) is 0 Å².